The van der Waals surface area contributed by atoms with Crippen LogP contribution in [0, 0.1) is 18.6 Å². The third-order valence-electron chi connectivity index (χ3n) is 6.48. The lowest BCUT2D eigenvalue weighted by atomic mass is 9.95. The van der Waals surface area contributed by atoms with Gasteiger partial charge in [0.2, 0.25) is 0 Å². The monoisotopic (exact) mass is 545 g/mol. The first kappa shape index (κ1) is 24.6. The Hall–Kier alpha value is -4.77. The number of aromatic nitrogens is 3. The van der Waals surface area contributed by atoms with Crippen molar-refractivity contribution in [3.8, 4) is 11.5 Å². The van der Waals surface area contributed by atoms with Gasteiger partial charge in [-0.25, -0.2) is 31.5 Å². The third-order valence-corrected chi connectivity index (χ3v) is 8.17. The maximum atomic E-state index is 14.6. The van der Waals surface area contributed by atoms with Gasteiger partial charge in [-0.3, -0.25) is 4.79 Å². The SMILES string of the molecule is Cc1ccc(S(=O)(=O)n2ccc3c2C(=O)[N]C=C3c2ccc3c(ncn3C)c2Oc2ccc(F)cc2F)cc1. The lowest BCUT2D eigenvalue weighted by Crippen LogP contribution is -2.25. The molecule has 1 amide bonds. The molecule has 0 saturated carbocycles. The number of rotatable bonds is 5. The molecule has 0 unspecified atom stereocenters. The lowest BCUT2D eigenvalue weighted by Gasteiger charge is -2.19. The van der Waals surface area contributed by atoms with Crippen LogP contribution in [0.5, 0.6) is 11.5 Å². The summed E-state index contributed by atoms with van der Waals surface area (Å²) in [6, 6.07) is 14.2. The second-order valence-electron chi connectivity index (χ2n) is 9.01. The molecular formula is C28H19F2N4O4S. The summed E-state index contributed by atoms with van der Waals surface area (Å²) in [5.41, 5.74) is 2.83. The zero-order chi connectivity index (χ0) is 27.5. The van der Waals surface area contributed by atoms with Crippen LogP contribution in [-0.4, -0.2) is 27.8 Å². The summed E-state index contributed by atoms with van der Waals surface area (Å²) in [6.07, 6.45) is 4.17. The number of nitrogens with zero attached hydrogens (tertiary/aromatic N) is 4. The number of hydrogen-bond donors (Lipinski definition) is 0. The van der Waals surface area contributed by atoms with Crippen molar-refractivity contribution in [2.24, 2.45) is 7.05 Å². The molecule has 0 fully saturated rings. The van der Waals surface area contributed by atoms with Crippen LogP contribution in [0.2, 0.25) is 0 Å². The van der Waals surface area contributed by atoms with Gasteiger partial charge in [0.05, 0.1) is 16.7 Å². The van der Waals surface area contributed by atoms with Crippen molar-refractivity contribution in [1.82, 2.24) is 18.8 Å². The minimum absolute atomic E-state index is 0.0149. The van der Waals surface area contributed by atoms with Gasteiger partial charge in [0.25, 0.3) is 15.9 Å². The Labute approximate surface area is 221 Å². The summed E-state index contributed by atoms with van der Waals surface area (Å²) in [5.74, 6) is -2.51. The average molecular weight is 546 g/mol. The first-order chi connectivity index (χ1) is 18.6. The molecule has 11 heteroatoms. The molecule has 0 spiro atoms. The van der Waals surface area contributed by atoms with Gasteiger partial charge < -0.3 is 9.30 Å². The highest BCUT2D eigenvalue weighted by Gasteiger charge is 2.32. The van der Waals surface area contributed by atoms with E-state index >= 15 is 0 Å². The van der Waals surface area contributed by atoms with Crippen molar-refractivity contribution in [2.45, 2.75) is 11.8 Å². The minimum atomic E-state index is -4.12. The Morgan fingerprint density at radius 1 is 0.949 bits per heavy atom. The number of benzene rings is 3. The molecule has 6 rings (SSSR count). The fourth-order valence-corrected chi connectivity index (χ4v) is 5.84. The van der Waals surface area contributed by atoms with E-state index in [9.17, 15) is 22.0 Å². The number of ether oxygens (including phenoxy) is 1. The van der Waals surface area contributed by atoms with E-state index in [0.717, 1.165) is 21.7 Å². The van der Waals surface area contributed by atoms with E-state index in [4.69, 9.17) is 4.74 Å². The zero-order valence-electron chi connectivity index (χ0n) is 20.6. The molecule has 1 aliphatic heterocycles. The highest BCUT2D eigenvalue weighted by Crippen LogP contribution is 2.41. The number of hydrogen-bond acceptors (Lipinski definition) is 5. The van der Waals surface area contributed by atoms with Crippen LogP contribution >= 0.6 is 0 Å². The molecule has 195 valence electrons. The van der Waals surface area contributed by atoms with Crippen molar-refractivity contribution in [2.75, 3.05) is 0 Å². The molecule has 0 N–H and O–H groups in total. The number of fused-ring (bicyclic) bond motifs is 2. The van der Waals surface area contributed by atoms with Crippen LogP contribution in [-0.2, 0) is 17.1 Å². The van der Waals surface area contributed by atoms with E-state index in [1.54, 1.807) is 42.2 Å². The summed E-state index contributed by atoms with van der Waals surface area (Å²) in [4.78, 5) is 17.3. The fraction of sp³-hybridized carbons (Fsp3) is 0.0714. The molecule has 39 heavy (non-hydrogen) atoms. The molecule has 3 heterocycles. The summed E-state index contributed by atoms with van der Waals surface area (Å²) >= 11 is 0. The maximum absolute atomic E-state index is 14.6. The van der Waals surface area contributed by atoms with Crippen molar-refractivity contribution in [1.29, 1.82) is 0 Å². The molecule has 1 radical (unpaired) electrons. The summed E-state index contributed by atoms with van der Waals surface area (Å²) < 4.78 is 63.7. The predicted molar refractivity (Wildman–Crippen MR) is 139 cm³/mol. The number of amides is 1. The first-order valence-corrected chi connectivity index (χ1v) is 13.2. The highest BCUT2D eigenvalue weighted by molar-refractivity contribution is 7.90. The van der Waals surface area contributed by atoms with Crippen LogP contribution < -0.4 is 10.1 Å². The van der Waals surface area contributed by atoms with Gasteiger partial charge in [0, 0.05) is 42.2 Å². The average Bonchev–Trinajstić information content (AvgIpc) is 3.52. The quantitative estimate of drug-likeness (QED) is 0.305. The van der Waals surface area contributed by atoms with Gasteiger partial charge in [-0.05, 0) is 49.4 Å². The molecule has 0 atom stereocenters. The van der Waals surface area contributed by atoms with E-state index in [1.165, 1.54) is 30.6 Å². The zero-order valence-corrected chi connectivity index (χ0v) is 21.4. The van der Waals surface area contributed by atoms with Gasteiger partial charge in [-0.15, -0.1) is 0 Å². The van der Waals surface area contributed by atoms with Crippen LogP contribution in [0.4, 0.5) is 8.78 Å². The largest absolute Gasteiger partial charge is 0.451 e. The van der Waals surface area contributed by atoms with Crippen LogP contribution in [0.1, 0.15) is 27.2 Å². The lowest BCUT2D eigenvalue weighted by molar-refractivity contribution is 0.0958. The first-order valence-electron chi connectivity index (χ1n) is 11.7. The van der Waals surface area contributed by atoms with Gasteiger partial charge in [-0.1, -0.05) is 17.7 Å². The van der Waals surface area contributed by atoms with E-state index in [1.807, 2.05) is 6.92 Å². The summed E-state index contributed by atoms with van der Waals surface area (Å²) in [6.45, 7) is 1.84. The molecule has 0 bridgehead atoms. The third kappa shape index (κ3) is 3.98. The fourth-order valence-electron chi connectivity index (χ4n) is 4.49. The van der Waals surface area contributed by atoms with E-state index < -0.39 is 27.6 Å². The normalized spacial score (nSPS) is 13.2. The molecule has 1 aliphatic rings. The Morgan fingerprint density at radius 2 is 1.72 bits per heavy atom. The van der Waals surface area contributed by atoms with Crippen molar-refractivity contribution in [3.05, 3.63) is 113 Å². The second-order valence-corrected chi connectivity index (χ2v) is 10.8. The molecule has 5 aromatic rings. The molecule has 8 nitrogen and oxygen atoms in total. The Kier molecular flexibility index (Phi) is 5.61. The van der Waals surface area contributed by atoms with E-state index in [0.29, 0.717) is 33.8 Å². The minimum Gasteiger partial charge on any atom is -0.451 e. The van der Waals surface area contributed by atoms with Crippen molar-refractivity contribution >= 4 is 32.5 Å². The van der Waals surface area contributed by atoms with Crippen molar-refractivity contribution in [3.63, 3.8) is 0 Å². The smallest absolute Gasteiger partial charge is 0.295 e. The number of aryl methyl sites for hydroxylation is 2. The van der Waals surface area contributed by atoms with Gasteiger partial charge in [0.15, 0.2) is 17.3 Å². The number of halogens is 2. The van der Waals surface area contributed by atoms with Gasteiger partial charge >= 0.3 is 0 Å². The second kappa shape index (κ2) is 8.91. The Bertz CT molecular complexity index is 1940. The molecule has 0 saturated heterocycles. The molecule has 0 aliphatic carbocycles. The predicted octanol–water partition coefficient (Wildman–Crippen LogP) is 5.14. The Morgan fingerprint density at radius 3 is 2.46 bits per heavy atom. The van der Waals surface area contributed by atoms with Crippen LogP contribution in [0.3, 0.4) is 0 Å². The summed E-state index contributed by atoms with van der Waals surface area (Å²) in [7, 11) is -2.34. The number of imidazole rings is 1. The summed E-state index contributed by atoms with van der Waals surface area (Å²) in [5, 5.41) is 3.95. The van der Waals surface area contributed by atoms with Crippen molar-refractivity contribution < 1.29 is 26.7 Å². The topological polar surface area (TPSA) is 97.3 Å². The van der Waals surface area contributed by atoms with Gasteiger partial charge in [0.1, 0.15) is 17.0 Å². The molecular weight excluding hydrogens is 526 g/mol. The van der Waals surface area contributed by atoms with E-state index in [2.05, 4.69) is 10.3 Å². The molecule has 3 aromatic carbocycles. The Balaban J connectivity index is 1.52. The standard InChI is InChI=1S/C28H19F2N4O4S/c1-16-3-6-18(7-4-16)39(36,37)34-12-11-19-21(14-31-28(35)26(19)34)20-8-9-23-25(32-15-33(23)2)27(20)38-24-10-5-17(29)13-22(24)30/h3-15H,1-2H3. The van der Waals surface area contributed by atoms with E-state index in [-0.39, 0.29) is 22.1 Å². The van der Waals surface area contributed by atoms with Gasteiger partial charge in [-0.2, -0.15) is 0 Å². The number of carbonyl (C=O) groups is 1. The number of carbonyl (C=O) groups excluding carboxylic acids is 1. The molecule has 2 aromatic heterocycles. The maximum Gasteiger partial charge on any atom is 0.295 e. The highest BCUT2D eigenvalue weighted by atomic mass is 32.2. The van der Waals surface area contributed by atoms with Crippen LogP contribution in [0.25, 0.3) is 16.6 Å². The van der Waals surface area contributed by atoms with Crippen LogP contribution in [0.15, 0.2) is 84.3 Å².